The third-order valence-electron chi connectivity index (χ3n) is 2.30. The van der Waals surface area contributed by atoms with Crippen LogP contribution < -0.4 is 5.73 Å². The molecule has 0 aliphatic heterocycles. The van der Waals surface area contributed by atoms with Crippen LogP contribution in [0.25, 0.3) is 0 Å². The number of hydrogen-bond acceptors (Lipinski definition) is 3. The standard InChI is InChI=1S/C10H13Cl2NO2/c1-5-7(13)3-2-6(9(5)12)10(15)8(14)4-11/h2-3,8,10,14-15H,4,13H2,1H3. The third-order valence-corrected chi connectivity index (χ3v) is 3.12. The Hall–Kier alpha value is -0.480. The van der Waals surface area contributed by atoms with Crippen LogP contribution in [-0.2, 0) is 0 Å². The van der Waals surface area contributed by atoms with Crippen LogP contribution in [0.3, 0.4) is 0 Å². The van der Waals surface area contributed by atoms with Gasteiger partial charge in [-0.3, -0.25) is 0 Å². The van der Waals surface area contributed by atoms with Gasteiger partial charge in [0.25, 0.3) is 0 Å². The zero-order valence-electron chi connectivity index (χ0n) is 8.24. The van der Waals surface area contributed by atoms with Crippen molar-refractivity contribution in [1.29, 1.82) is 0 Å². The molecule has 2 atom stereocenters. The van der Waals surface area contributed by atoms with Crippen molar-refractivity contribution in [1.82, 2.24) is 0 Å². The molecule has 0 radical (unpaired) electrons. The van der Waals surface area contributed by atoms with Crippen LogP contribution >= 0.6 is 23.2 Å². The van der Waals surface area contributed by atoms with Gasteiger partial charge in [0.05, 0.1) is 17.0 Å². The van der Waals surface area contributed by atoms with E-state index < -0.39 is 12.2 Å². The van der Waals surface area contributed by atoms with Gasteiger partial charge in [0.2, 0.25) is 0 Å². The summed E-state index contributed by atoms with van der Waals surface area (Å²) in [7, 11) is 0. The minimum atomic E-state index is -1.09. The first-order valence-corrected chi connectivity index (χ1v) is 5.36. The number of aliphatic hydroxyl groups excluding tert-OH is 2. The Morgan fingerprint density at radius 2 is 2.00 bits per heavy atom. The van der Waals surface area contributed by atoms with Crippen molar-refractivity contribution in [2.24, 2.45) is 0 Å². The zero-order chi connectivity index (χ0) is 11.6. The highest BCUT2D eigenvalue weighted by Crippen LogP contribution is 2.31. The van der Waals surface area contributed by atoms with Crippen LogP contribution in [0.15, 0.2) is 12.1 Å². The van der Waals surface area contributed by atoms with Gasteiger partial charge in [0, 0.05) is 11.3 Å². The molecule has 1 aromatic rings. The summed E-state index contributed by atoms with van der Waals surface area (Å²) in [5.41, 5.74) is 7.33. The number of rotatable bonds is 3. The fourth-order valence-electron chi connectivity index (χ4n) is 1.24. The lowest BCUT2D eigenvalue weighted by Crippen LogP contribution is -2.20. The maximum Gasteiger partial charge on any atom is 0.107 e. The molecule has 15 heavy (non-hydrogen) atoms. The van der Waals surface area contributed by atoms with Crippen molar-refractivity contribution in [2.45, 2.75) is 19.1 Å². The van der Waals surface area contributed by atoms with Crippen LogP contribution in [0.4, 0.5) is 5.69 Å². The summed E-state index contributed by atoms with van der Waals surface area (Å²) in [6.07, 6.45) is -2.12. The van der Waals surface area contributed by atoms with E-state index in [0.29, 0.717) is 21.8 Å². The summed E-state index contributed by atoms with van der Waals surface area (Å²) in [6, 6.07) is 3.23. The average Bonchev–Trinajstić information content (AvgIpc) is 2.24. The SMILES string of the molecule is Cc1c(N)ccc(C(O)C(O)CCl)c1Cl. The molecule has 4 N–H and O–H groups in total. The van der Waals surface area contributed by atoms with Crippen molar-refractivity contribution >= 4 is 28.9 Å². The van der Waals surface area contributed by atoms with Crippen molar-refractivity contribution in [2.75, 3.05) is 11.6 Å². The Morgan fingerprint density at radius 1 is 1.40 bits per heavy atom. The first kappa shape index (κ1) is 12.6. The molecule has 2 unspecified atom stereocenters. The molecule has 84 valence electrons. The molecule has 5 heteroatoms. The number of hydrogen-bond donors (Lipinski definition) is 3. The highest BCUT2D eigenvalue weighted by Gasteiger charge is 2.21. The summed E-state index contributed by atoms with van der Waals surface area (Å²) >= 11 is 11.4. The van der Waals surface area contributed by atoms with Crippen LogP contribution in [-0.4, -0.2) is 22.2 Å². The van der Waals surface area contributed by atoms with Crippen molar-refractivity contribution in [3.05, 3.63) is 28.3 Å². The maximum atomic E-state index is 9.73. The van der Waals surface area contributed by atoms with E-state index in [-0.39, 0.29) is 5.88 Å². The van der Waals surface area contributed by atoms with Gasteiger partial charge in [-0.15, -0.1) is 11.6 Å². The first-order chi connectivity index (χ1) is 6.99. The van der Waals surface area contributed by atoms with Gasteiger partial charge in [-0.1, -0.05) is 17.7 Å². The topological polar surface area (TPSA) is 66.5 Å². The summed E-state index contributed by atoms with van der Waals surface area (Å²) in [5, 5.41) is 19.5. The minimum absolute atomic E-state index is 0.0546. The second kappa shape index (κ2) is 5.03. The summed E-state index contributed by atoms with van der Waals surface area (Å²) in [4.78, 5) is 0. The van der Waals surface area contributed by atoms with Crippen LogP contribution in [0.1, 0.15) is 17.2 Å². The molecular weight excluding hydrogens is 237 g/mol. The van der Waals surface area contributed by atoms with E-state index in [2.05, 4.69) is 0 Å². The van der Waals surface area contributed by atoms with Crippen molar-refractivity contribution in [3.63, 3.8) is 0 Å². The van der Waals surface area contributed by atoms with Gasteiger partial charge in [-0.25, -0.2) is 0 Å². The molecule has 0 aliphatic rings. The number of aliphatic hydroxyl groups is 2. The third kappa shape index (κ3) is 2.55. The second-order valence-electron chi connectivity index (χ2n) is 3.35. The quantitative estimate of drug-likeness (QED) is 0.566. The second-order valence-corrected chi connectivity index (χ2v) is 4.04. The predicted molar refractivity (Wildman–Crippen MR) is 62.3 cm³/mol. The van der Waals surface area contributed by atoms with Gasteiger partial charge in [-0.05, 0) is 18.6 Å². The van der Waals surface area contributed by atoms with E-state index in [4.69, 9.17) is 28.9 Å². The van der Waals surface area contributed by atoms with Crippen LogP contribution in [0.2, 0.25) is 5.02 Å². The molecule has 0 saturated carbocycles. The molecule has 0 aliphatic carbocycles. The fraction of sp³-hybridized carbons (Fsp3) is 0.400. The Kier molecular flexibility index (Phi) is 4.22. The molecule has 0 amide bonds. The largest absolute Gasteiger partial charge is 0.398 e. The molecule has 0 bridgehead atoms. The highest BCUT2D eigenvalue weighted by molar-refractivity contribution is 6.32. The molecule has 1 aromatic carbocycles. The molecule has 1 rings (SSSR count). The molecule has 0 saturated heterocycles. The first-order valence-electron chi connectivity index (χ1n) is 4.45. The normalized spacial score (nSPS) is 15.0. The highest BCUT2D eigenvalue weighted by atomic mass is 35.5. The predicted octanol–water partition coefficient (Wildman–Crippen LogP) is 1.86. The summed E-state index contributed by atoms with van der Waals surface area (Å²) in [6.45, 7) is 1.75. The van der Waals surface area contributed by atoms with Crippen LogP contribution in [0, 0.1) is 6.92 Å². The lowest BCUT2D eigenvalue weighted by molar-refractivity contribution is 0.0327. The lowest BCUT2D eigenvalue weighted by atomic mass is 10.0. The maximum absolute atomic E-state index is 9.73. The minimum Gasteiger partial charge on any atom is -0.398 e. The van der Waals surface area contributed by atoms with Crippen LogP contribution in [0.5, 0.6) is 0 Å². The van der Waals surface area contributed by atoms with E-state index in [1.54, 1.807) is 19.1 Å². The number of anilines is 1. The Labute approximate surface area is 98.4 Å². The average molecular weight is 250 g/mol. The van der Waals surface area contributed by atoms with Crippen molar-refractivity contribution < 1.29 is 10.2 Å². The monoisotopic (exact) mass is 249 g/mol. The van der Waals surface area contributed by atoms with Gasteiger partial charge in [0.15, 0.2) is 0 Å². The Balaban J connectivity index is 3.10. The molecule has 0 heterocycles. The molecular formula is C10H13Cl2NO2. The fourth-order valence-corrected chi connectivity index (χ4v) is 1.69. The lowest BCUT2D eigenvalue weighted by Gasteiger charge is -2.18. The summed E-state index contributed by atoms with van der Waals surface area (Å²) < 4.78 is 0. The number of nitrogen functional groups attached to an aromatic ring is 1. The Bertz CT molecular complexity index is 358. The molecule has 0 spiro atoms. The molecule has 0 aromatic heterocycles. The van der Waals surface area contributed by atoms with E-state index in [9.17, 15) is 10.2 Å². The van der Waals surface area contributed by atoms with E-state index in [1.807, 2.05) is 0 Å². The number of nitrogens with two attached hydrogens (primary N) is 1. The van der Waals surface area contributed by atoms with Gasteiger partial charge in [0.1, 0.15) is 6.10 Å². The van der Waals surface area contributed by atoms with Gasteiger partial charge >= 0.3 is 0 Å². The number of alkyl halides is 1. The zero-order valence-corrected chi connectivity index (χ0v) is 9.76. The molecule has 0 fully saturated rings. The van der Waals surface area contributed by atoms with E-state index >= 15 is 0 Å². The summed E-state index contributed by atoms with van der Waals surface area (Å²) in [5.74, 6) is -0.0546. The Morgan fingerprint density at radius 3 is 2.53 bits per heavy atom. The molecule has 3 nitrogen and oxygen atoms in total. The number of benzene rings is 1. The van der Waals surface area contributed by atoms with E-state index in [0.717, 1.165) is 0 Å². The number of halogens is 2. The van der Waals surface area contributed by atoms with E-state index in [1.165, 1.54) is 0 Å². The smallest absolute Gasteiger partial charge is 0.107 e. The van der Waals surface area contributed by atoms with Gasteiger partial charge < -0.3 is 15.9 Å². The van der Waals surface area contributed by atoms with Crippen molar-refractivity contribution in [3.8, 4) is 0 Å². The van der Waals surface area contributed by atoms with Gasteiger partial charge in [-0.2, -0.15) is 0 Å².